The van der Waals surface area contributed by atoms with Crippen molar-refractivity contribution in [3.63, 3.8) is 0 Å². The van der Waals surface area contributed by atoms with Crippen LogP contribution in [0.2, 0.25) is 0 Å². The Morgan fingerprint density at radius 3 is 1.77 bits per heavy atom. The van der Waals surface area contributed by atoms with Crippen molar-refractivity contribution in [3.05, 3.63) is 12.8 Å². The quantitative estimate of drug-likeness (QED) is 0.376. The number of epoxide rings is 1. The van der Waals surface area contributed by atoms with Crippen LogP contribution in [0.5, 0.6) is 0 Å². The molecule has 0 bridgehead atoms. The van der Waals surface area contributed by atoms with Crippen LogP contribution in [0.15, 0.2) is 12.8 Å². The van der Waals surface area contributed by atoms with E-state index in [1.54, 1.807) is 0 Å². The maximum Gasteiger partial charge on any atom is 0.307 e. The molecule has 5 heteroatoms. The first-order valence-electron chi connectivity index (χ1n) is 3.56. The summed E-state index contributed by atoms with van der Waals surface area (Å²) in [5.74, 6) is -1.16. The van der Waals surface area contributed by atoms with Gasteiger partial charge in [-0.1, -0.05) is 6.58 Å². The van der Waals surface area contributed by atoms with Gasteiger partial charge in [0, 0.05) is 13.8 Å². The number of carbonyl (C=O) groups is 2. The zero-order valence-electron chi connectivity index (χ0n) is 7.78. The molecule has 1 saturated heterocycles. The zero-order valence-corrected chi connectivity index (χ0v) is 7.78. The Morgan fingerprint density at radius 2 is 1.77 bits per heavy atom. The number of hydrogen-bond donors (Lipinski definition) is 1. The average molecular weight is 190 g/mol. The van der Waals surface area contributed by atoms with E-state index in [4.69, 9.17) is 9.90 Å². The van der Waals surface area contributed by atoms with Gasteiger partial charge in [-0.25, -0.2) is 0 Å². The molecule has 0 aromatic heterocycles. The zero-order chi connectivity index (χ0) is 10.7. The molecule has 0 saturated carbocycles. The molecule has 0 amide bonds. The second-order valence-corrected chi connectivity index (χ2v) is 1.91. The van der Waals surface area contributed by atoms with Crippen molar-refractivity contribution in [1.82, 2.24) is 0 Å². The molecule has 0 spiro atoms. The molecule has 1 fully saturated rings. The van der Waals surface area contributed by atoms with Crippen LogP contribution in [0.3, 0.4) is 0 Å². The van der Waals surface area contributed by atoms with Gasteiger partial charge in [0.2, 0.25) is 0 Å². The molecule has 13 heavy (non-hydrogen) atoms. The van der Waals surface area contributed by atoms with Gasteiger partial charge in [-0.3, -0.25) is 9.59 Å². The van der Waals surface area contributed by atoms with E-state index in [0.29, 0.717) is 0 Å². The molecule has 0 radical (unpaired) electrons. The summed E-state index contributed by atoms with van der Waals surface area (Å²) in [5.41, 5.74) is 0. The van der Waals surface area contributed by atoms with Crippen molar-refractivity contribution in [3.8, 4) is 0 Å². The molecule has 1 N–H and O–H groups in total. The second-order valence-electron chi connectivity index (χ2n) is 1.91. The van der Waals surface area contributed by atoms with E-state index in [1.807, 2.05) is 0 Å². The van der Waals surface area contributed by atoms with E-state index < -0.39 is 5.97 Å². The standard InChI is InChI=1S/C4H6O2.C2H4O2.C2H4O/c1-3-6-4(2)5;1-2(3)4;1-2-3-1/h3H,1H2,2H3;1H3,(H,3,4);1-2H2. The number of rotatable bonds is 1. The lowest BCUT2D eigenvalue weighted by Gasteiger charge is -1.83. The summed E-state index contributed by atoms with van der Waals surface area (Å²) in [7, 11) is 0. The van der Waals surface area contributed by atoms with Crippen LogP contribution in [-0.4, -0.2) is 30.3 Å². The van der Waals surface area contributed by atoms with Gasteiger partial charge in [0.1, 0.15) is 0 Å². The van der Waals surface area contributed by atoms with Gasteiger partial charge in [0.05, 0.1) is 19.5 Å². The molecule has 5 nitrogen and oxygen atoms in total. The van der Waals surface area contributed by atoms with Gasteiger partial charge in [0.25, 0.3) is 5.97 Å². The number of carboxylic acids is 1. The largest absolute Gasteiger partial charge is 0.481 e. The molecule has 1 aliphatic heterocycles. The van der Waals surface area contributed by atoms with Gasteiger partial charge in [-0.15, -0.1) is 0 Å². The number of aliphatic carboxylic acids is 1. The predicted molar refractivity (Wildman–Crippen MR) is 46.1 cm³/mol. The summed E-state index contributed by atoms with van der Waals surface area (Å²) in [5, 5.41) is 7.42. The summed E-state index contributed by atoms with van der Waals surface area (Å²) in [6.45, 7) is 7.56. The Bertz CT molecular complexity index is 155. The molecule has 0 aliphatic carbocycles. The second kappa shape index (κ2) is 10.6. The third-order valence-electron chi connectivity index (χ3n) is 0.453. The van der Waals surface area contributed by atoms with Crippen molar-refractivity contribution >= 4 is 11.9 Å². The minimum atomic E-state index is -0.833. The Labute approximate surface area is 77.0 Å². The fourth-order valence-electron chi connectivity index (χ4n) is 0.117. The topological polar surface area (TPSA) is 76.1 Å². The van der Waals surface area contributed by atoms with Crippen LogP contribution in [0.25, 0.3) is 0 Å². The van der Waals surface area contributed by atoms with E-state index in [2.05, 4.69) is 16.1 Å². The molecule has 1 rings (SSSR count). The Hall–Kier alpha value is -1.36. The lowest BCUT2D eigenvalue weighted by atomic mass is 10.8. The van der Waals surface area contributed by atoms with Crippen molar-refractivity contribution in [2.75, 3.05) is 13.2 Å². The molecule has 0 aromatic rings. The molecular weight excluding hydrogens is 176 g/mol. The summed E-state index contributed by atoms with van der Waals surface area (Å²) in [4.78, 5) is 18.8. The van der Waals surface area contributed by atoms with Crippen LogP contribution < -0.4 is 0 Å². The van der Waals surface area contributed by atoms with Gasteiger partial charge in [0.15, 0.2) is 0 Å². The van der Waals surface area contributed by atoms with E-state index >= 15 is 0 Å². The summed E-state index contributed by atoms with van der Waals surface area (Å²) >= 11 is 0. The molecule has 1 aliphatic rings. The molecule has 76 valence electrons. The summed E-state index contributed by atoms with van der Waals surface area (Å²) in [6.07, 6.45) is 1.10. The highest BCUT2D eigenvalue weighted by molar-refractivity contribution is 5.66. The highest BCUT2D eigenvalue weighted by Crippen LogP contribution is 1.84. The highest BCUT2D eigenvalue weighted by Gasteiger charge is 1.94. The molecule has 0 atom stereocenters. The van der Waals surface area contributed by atoms with Crippen LogP contribution >= 0.6 is 0 Å². The Kier molecular flexibility index (Phi) is 11.6. The van der Waals surface area contributed by atoms with Gasteiger partial charge in [-0.2, -0.15) is 0 Å². The lowest BCUT2D eigenvalue weighted by molar-refractivity contribution is -0.136. The highest BCUT2D eigenvalue weighted by atomic mass is 16.6. The fourth-order valence-corrected chi connectivity index (χ4v) is 0.117. The van der Waals surface area contributed by atoms with Gasteiger partial charge in [-0.05, 0) is 0 Å². The minimum absolute atomic E-state index is 0.329. The first kappa shape index (κ1) is 14.2. The smallest absolute Gasteiger partial charge is 0.307 e. The van der Waals surface area contributed by atoms with E-state index in [-0.39, 0.29) is 5.97 Å². The third-order valence-corrected chi connectivity index (χ3v) is 0.453. The molecule has 0 unspecified atom stereocenters. The fraction of sp³-hybridized carbons (Fsp3) is 0.500. The molecular formula is C8H14O5. The van der Waals surface area contributed by atoms with Gasteiger partial charge < -0.3 is 14.6 Å². The van der Waals surface area contributed by atoms with E-state index in [1.165, 1.54) is 6.92 Å². The average Bonchev–Trinajstić information content (AvgIpc) is 2.67. The van der Waals surface area contributed by atoms with E-state index in [0.717, 1.165) is 26.4 Å². The van der Waals surface area contributed by atoms with Crippen molar-refractivity contribution < 1.29 is 24.2 Å². The predicted octanol–water partition coefficient (Wildman–Crippen LogP) is 0.801. The van der Waals surface area contributed by atoms with Gasteiger partial charge >= 0.3 is 5.97 Å². The number of ether oxygens (including phenoxy) is 2. The summed E-state index contributed by atoms with van der Waals surface area (Å²) < 4.78 is 8.67. The summed E-state index contributed by atoms with van der Waals surface area (Å²) in [6, 6.07) is 0. The van der Waals surface area contributed by atoms with Crippen molar-refractivity contribution in [2.24, 2.45) is 0 Å². The number of hydrogen-bond acceptors (Lipinski definition) is 4. The maximum absolute atomic E-state index is 9.75. The first-order valence-corrected chi connectivity index (χ1v) is 3.56. The first-order chi connectivity index (χ1) is 6.00. The lowest BCUT2D eigenvalue weighted by Crippen LogP contribution is -1.87. The van der Waals surface area contributed by atoms with Crippen LogP contribution in [0.1, 0.15) is 13.8 Å². The Balaban J connectivity index is 0. The minimum Gasteiger partial charge on any atom is -0.481 e. The van der Waals surface area contributed by atoms with Crippen molar-refractivity contribution in [1.29, 1.82) is 0 Å². The normalized spacial score (nSPS) is 10.6. The third kappa shape index (κ3) is 114. The van der Waals surface area contributed by atoms with Crippen LogP contribution in [0, 0.1) is 0 Å². The van der Waals surface area contributed by atoms with Crippen LogP contribution in [-0.2, 0) is 19.1 Å². The van der Waals surface area contributed by atoms with Crippen LogP contribution in [0.4, 0.5) is 0 Å². The monoisotopic (exact) mass is 190 g/mol. The van der Waals surface area contributed by atoms with E-state index in [9.17, 15) is 4.79 Å². The molecule has 1 heterocycles. The Morgan fingerprint density at radius 1 is 1.46 bits per heavy atom. The number of carbonyl (C=O) groups excluding carboxylic acids is 1. The van der Waals surface area contributed by atoms with Crippen molar-refractivity contribution in [2.45, 2.75) is 13.8 Å². The SMILES string of the molecule is C1CO1.C=COC(C)=O.CC(=O)O. The molecule has 0 aromatic carbocycles. The maximum atomic E-state index is 9.75. The number of carboxylic acid groups (broad SMARTS) is 1. The number of esters is 1.